The molecule has 0 radical (unpaired) electrons. The molecule has 0 fully saturated rings. The molecule has 0 aliphatic heterocycles. The minimum absolute atomic E-state index is 0.245. The highest BCUT2D eigenvalue weighted by Gasteiger charge is 2.14. The lowest BCUT2D eigenvalue weighted by atomic mass is 9.84. The number of hydrogen-bond acceptors (Lipinski definition) is 1. The first kappa shape index (κ1) is 13.4. The van der Waals surface area contributed by atoms with Gasteiger partial charge in [-0.05, 0) is 24.0 Å². The van der Waals surface area contributed by atoms with Crippen LogP contribution in [0.1, 0.15) is 34.6 Å². The Morgan fingerprint density at radius 3 is 2.21 bits per heavy atom. The number of allylic oxidation sites excluding steroid dienone is 3. The van der Waals surface area contributed by atoms with E-state index < -0.39 is 0 Å². The molecule has 0 aromatic heterocycles. The molecule has 0 bridgehead atoms. The molecule has 1 N–H and O–H groups in total. The molecular formula is C13H25N. The molecule has 0 saturated heterocycles. The van der Waals surface area contributed by atoms with Crippen LogP contribution in [-0.4, -0.2) is 13.6 Å². The lowest BCUT2D eigenvalue weighted by Crippen LogP contribution is -2.10. The van der Waals surface area contributed by atoms with Gasteiger partial charge in [-0.3, -0.25) is 0 Å². The fraction of sp³-hybridized carbons (Fsp3) is 0.692. The van der Waals surface area contributed by atoms with Crippen LogP contribution in [0.4, 0.5) is 0 Å². The Morgan fingerprint density at radius 1 is 1.29 bits per heavy atom. The summed E-state index contributed by atoms with van der Waals surface area (Å²) in [5.41, 5.74) is 1.66. The number of rotatable bonds is 4. The molecule has 1 heteroatoms. The first-order valence-corrected chi connectivity index (χ1v) is 5.41. The van der Waals surface area contributed by atoms with Crippen molar-refractivity contribution < 1.29 is 0 Å². The van der Waals surface area contributed by atoms with Gasteiger partial charge in [-0.25, -0.2) is 0 Å². The summed E-state index contributed by atoms with van der Waals surface area (Å²) in [5.74, 6) is 0.614. The summed E-state index contributed by atoms with van der Waals surface area (Å²) in [7, 11) is 1.97. The summed E-state index contributed by atoms with van der Waals surface area (Å²) >= 11 is 0. The third kappa shape index (κ3) is 5.98. The van der Waals surface area contributed by atoms with Gasteiger partial charge in [0.2, 0.25) is 0 Å². The highest BCUT2D eigenvalue weighted by molar-refractivity contribution is 5.25. The average Bonchev–Trinajstić information content (AvgIpc) is 2.00. The van der Waals surface area contributed by atoms with Gasteiger partial charge in [-0.1, -0.05) is 52.8 Å². The van der Waals surface area contributed by atoms with Gasteiger partial charge in [0, 0.05) is 6.54 Å². The average molecular weight is 195 g/mol. The standard InChI is InChI=1S/C13H25N/c1-11(2)10-12(13(3,4)5)8-7-9-14-6/h7-8,10-11,14H,9H2,1-6H3/b8-7-,12-10+. The van der Waals surface area contributed by atoms with Crippen molar-refractivity contribution in [2.24, 2.45) is 11.3 Å². The van der Waals surface area contributed by atoms with Crippen LogP contribution in [0.2, 0.25) is 0 Å². The second kappa shape index (κ2) is 6.02. The Kier molecular flexibility index (Phi) is 5.78. The Hall–Kier alpha value is -0.560. The Bertz CT molecular complexity index is 204. The van der Waals surface area contributed by atoms with Crippen molar-refractivity contribution in [1.82, 2.24) is 5.32 Å². The van der Waals surface area contributed by atoms with Gasteiger partial charge in [0.05, 0.1) is 0 Å². The molecule has 0 saturated carbocycles. The van der Waals surface area contributed by atoms with E-state index in [0.29, 0.717) is 5.92 Å². The highest BCUT2D eigenvalue weighted by atomic mass is 14.8. The third-order valence-electron chi connectivity index (χ3n) is 2.00. The van der Waals surface area contributed by atoms with Gasteiger partial charge in [0.15, 0.2) is 0 Å². The highest BCUT2D eigenvalue weighted by Crippen LogP contribution is 2.27. The van der Waals surface area contributed by atoms with Crippen molar-refractivity contribution in [1.29, 1.82) is 0 Å². The van der Waals surface area contributed by atoms with Crippen LogP contribution in [-0.2, 0) is 0 Å². The lowest BCUT2D eigenvalue weighted by molar-refractivity contribution is 0.510. The minimum atomic E-state index is 0.245. The first-order valence-electron chi connectivity index (χ1n) is 5.41. The van der Waals surface area contributed by atoms with Crippen LogP contribution >= 0.6 is 0 Å². The molecule has 14 heavy (non-hydrogen) atoms. The molecule has 1 nitrogen and oxygen atoms in total. The summed E-state index contributed by atoms with van der Waals surface area (Å²) in [5, 5.41) is 3.11. The van der Waals surface area contributed by atoms with Crippen molar-refractivity contribution in [3.05, 3.63) is 23.8 Å². The van der Waals surface area contributed by atoms with Crippen molar-refractivity contribution >= 4 is 0 Å². The number of likely N-dealkylation sites (N-methyl/N-ethyl adjacent to an activating group) is 1. The maximum atomic E-state index is 3.11. The third-order valence-corrected chi connectivity index (χ3v) is 2.00. The van der Waals surface area contributed by atoms with Crippen molar-refractivity contribution in [2.75, 3.05) is 13.6 Å². The second-order valence-electron chi connectivity index (χ2n) is 5.08. The second-order valence-corrected chi connectivity index (χ2v) is 5.08. The van der Waals surface area contributed by atoms with E-state index in [0.717, 1.165) is 6.54 Å². The normalized spacial score (nSPS) is 14.4. The fourth-order valence-corrected chi connectivity index (χ4v) is 1.22. The molecule has 82 valence electrons. The Morgan fingerprint density at radius 2 is 1.86 bits per heavy atom. The Balaban J connectivity index is 4.58. The van der Waals surface area contributed by atoms with E-state index in [1.165, 1.54) is 5.57 Å². The van der Waals surface area contributed by atoms with Gasteiger partial charge in [-0.2, -0.15) is 0 Å². The number of hydrogen-bond donors (Lipinski definition) is 1. The molecule has 0 unspecified atom stereocenters. The zero-order valence-electron chi connectivity index (χ0n) is 10.5. The molecule has 0 aliphatic carbocycles. The maximum absolute atomic E-state index is 3.11. The maximum Gasteiger partial charge on any atom is 0.0135 e. The first-order chi connectivity index (χ1) is 6.38. The van der Waals surface area contributed by atoms with E-state index in [1.807, 2.05) is 7.05 Å². The van der Waals surface area contributed by atoms with E-state index in [9.17, 15) is 0 Å². The topological polar surface area (TPSA) is 12.0 Å². The summed E-state index contributed by atoms with van der Waals surface area (Å²) < 4.78 is 0. The predicted molar refractivity (Wildman–Crippen MR) is 65.4 cm³/mol. The monoisotopic (exact) mass is 195 g/mol. The summed E-state index contributed by atoms with van der Waals surface area (Å²) in [6.07, 6.45) is 6.75. The fourth-order valence-electron chi connectivity index (χ4n) is 1.22. The quantitative estimate of drug-likeness (QED) is 0.678. The Labute approximate surface area is 89.3 Å². The molecule has 0 amide bonds. The molecular weight excluding hydrogens is 170 g/mol. The lowest BCUT2D eigenvalue weighted by Gasteiger charge is -2.21. The molecule has 0 rings (SSSR count). The molecule has 0 aromatic carbocycles. The van der Waals surface area contributed by atoms with Crippen LogP contribution in [0.15, 0.2) is 23.8 Å². The zero-order valence-corrected chi connectivity index (χ0v) is 10.5. The van der Waals surface area contributed by atoms with Gasteiger partial charge in [-0.15, -0.1) is 0 Å². The van der Waals surface area contributed by atoms with Crippen LogP contribution in [0.25, 0.3) is 0 Å². The van der Waals surface area contributed by atoms with E-state index in [4.69, 9.17) is 0 Å². The van der Waals surface area contributed by atoms with Crippen LogP contribution in [0.3, 0.4) is 0 Å². The van der Waals surface area contributed by atoms with Gasteiger partial charge in [0.1, 0.15) is 0 Å². The summed E-state index contributed by atoms with van der Waals surface area (Å²) in [6.45, 7) is 12.1. The van der Waals surface area contributed by atoms with E-state index in [1.54, 1.807) is 0 Å². The van der Waals surface area contributed by atoms with E-state index in [-0.39, 0.29) is 5.41 Å². The summed E-state index contributed by atoms with van der Waals surface area (Å²) in [4.78, 5) is 0. The van der Waals surface area contributed by atoms with Gasteiger partial charge >= 0.3 is 0 Å². The van der Waals surface area contributed by atoms with E-state index >= 15 is 0 Å². The van der Waals surface area contributed by atoms with Crippen LogP contribution in [0.5, 0.6) is 0 Å². The predicted octanol–water partition coefficient (Wildman–Crippen LogP) is 3.39. The molecule has 0 spiro atoms. The molecule has 0 aromatic rings. The van der Waals surface area contributed by atoms with Crippen LogP contribution < -0.4 is 5.32 Å². The van der Waals surface area contributed by atoms with Crippen molar-refractivity contribution in [3.63, 3.8) is 0 Å². The van der Waals surface area contributed by atoms with E-state index in [2.05, 4.69) is 58.2 Å². The van der Waals surface area contributed by atoms with Crippen molar-refractivity contribution in [2.45, 2.75) is 34.6 Å². The molecule has 0 atom stereocenters. The smallest absolute Gasteiger partial charge is 0.0135 e. The largest absolute Gasteiger partial charge is 0.316 e. The van der Waals surface area contributed by atoms with Gasteiger partial charge < -0.3 is 5.32 Å². The molecule has 0 aliphatic rings. The minimum Gasteiger partial charge on any atom is -0.316 e. The zero-order chi connectivity index (χ0) is 11.2. The number of nitrogens with one attached hydrogen (secondary N) is 1. The van der Waals surface area contributed by atoms with Gasteiger partial charge in [0.25, 0.3) is 0 Å². The molecule has 0 heterocycles. The van der Waals surface area contributed by atoms with Crippen LogP contribution in [0, 0.1) is 11.3 Å². The van der Waals surface area contributed by atoms with Crippen molar-refractivity contribution in [3.8, 4) is 0 Å². The SMILES string of the molecule is CNC/C=C\C(=C/C(C)C)C(C)(C)C. The summed E-state index contributed by atoms with van der Waals surface area (Å²) in [6, 6.07) is 0.